The largest absolute Gasteiger partial charge is 0.344 e. The third-order valence-electron chi connectivity index (χ3n) is 3.66. The summed E-state index contributed by atoms with van der Waals surface area (Å²) in [6, 6.07) is 12.6. The smallest absolute Gasteiger partial charge is 0.247 e. The number of anilines is 1. The molecule has 2 amide bonds. The number of amides is 2. The topological polar surface area (TPSA) is 58.2 Å². The van der Waals surface area contributed by atoms with E-state index in [4.69, 9.17) is 11.6 Å². The zero-order chi connectivity index (χ0) is 18.4. The van der Waals surface area contributed by atoms with E-state index >= 15 is 0 Å². The van der Waals surface area contributed by atoms with Crippen molar-refractivity contribution in [3.8, 4) is 0 Å². The standard InChI is InChI=1S/C19H20ClFN2O2/c1-12(2)18(23-17(24)10-13-6-4-3-5-7-13)19(25)22-14-8-9-15(20)16(21)11-14/h3-9,11-12,18H,10H2,1-2H3,(H,22,25)(H,23,24). The summed E-state index contributed by atoms with van der Waals surface area (Å²) >= 11 is 5.63. The summed E-state index contributed by atoms with van der Waals surface area (Å²) in [5.41, 5.74) is 1.15. The molecule has 0 saturated carbocycles. The number of rotatable bonds is 6. The van der Waals surface area contributed by atoms with Gasteiger partial charge in [0, 0.05) is 5.69 Å². The van der Waals surface area contributed by atoms with E-state index in [0.717, 1.165) is 11.6 Å². The first kappa shape index (κ1) is 18.9. The lowest BCUT2D eigenvalue weighted by molar-refractivity contribution is -0.127. The van der Waals surface area contributed by atoms with Gasteiger partial charge in [-0.15, -0.1) is 0 Å². The molecule has 0 aliphatic rings. The molecule has 1 atom stereocenters. The maximum absolute atomic E-state index is 13.5. The van der Waals surface area contributed by atoms with Gasteiger partial charge in [0.25, 0.3) is 0 Å². The van der Waals surface area contributed by atoms with Gasteiger partial charge in [0.15, 0.2) is 0 Å². The lowest BCUT2D eigenvalue weighted by Crippen LogP contribution is -2.47. The average Bonchev–Trinajstić information content (AvgIpc) is 2.56. The van der Waals surface area contributed by atoms with E-state index in [1.165, 1.54) is 12.1 Å². The van der Waals surface area contributed by atoms with Crippen molar-refractivity contribution in [2.24, 2.45) is 5.92 Å². The minimum Gasteiger partial charge on any atom is -0.344 e. The number of nitrogens with one attached hydrogen (secondary N) is 2. The molecule has 0 heterocycles. The van der Waals surface area contributed by atoms with Crippen molar-refractivity contribution >= 4 is 29.1 Å². The Balaban J connectivity index is 2.02. The van der Waals surface area contributed by atoms with Crippen molar-refractivity contribution in [3.63, 3.8) is 0 Å². The summed E-state index contributed by atoms with van der Waals surface area (Å²) in [5, 5.41) is 5.33. The van der Waals surface area contributed by atoms with E-state index < -0.39 is 17.8 Å². The maximum atomic E-state index is 13.5. The van der Waals surface area contributed by atoms with Crippen LogP contribution in [0.5, 0.6) is 0 Å². The summed E-state index contributed by atoms with van der Waals surface area (Å²) < 4.78 is 13.5. The van der Waals surface area contributed by atoms with Gasteiger partial charge in [-0.1, -0.05) is 55.8 Å². The summed E-state index contributed by atoms with van der Waals surface area (Å²) in [5.74, 6) is -1.40. The molecular formula is C19H20ClFN2O2. The Hall–Kier alpha value is -2.40. The van der Waals surface area contributed by atoms with Gasteiger partial charge in [-0.3, -0.25) is 9.59 Å². The number of carbonyl (C=O) groups is 2. The molecule has 2 rings (SSSR count). The van der Waals surface area contributed by atoms with Crippen LogP contribution in [0.1, 0.15) is 19.4 Å². The fraction of sp³-hybridized carbons (Fsp3) is 0.263. The van der Waals surface area contributed by atoms with Crippen LogP contribution < -0.4 is 10.6 Å². The second-order valence-corrected chi connectivity index (χ2v) is 6.48. The summed E-state index contributed by atoms with van der Waals surface area (Å²) in [6.07, 6.45) is 0.187. The van der Waals surface area contributed by atoms with E-state index in [9.17, 15) is 14.0 Å². The SMILES string of the molecule is CC(C)C(NC(=O)Cc1ccccc1)C(=O)Nc1ccc(Cl)c(F)c1. The van der Waals surface area contributed by atoms with Crippen LogP contribution in [0.15, 0.2) is 48.5 Å². The van der Waals surface area contributed by atoms with Crippen LogP contribution in [0.25, 0.3) is 0 Å². The van der Waals surface area contributed by atoms with Crippen LogP contribution in [-0.4, -0.2) is 17.9 Å². The third-order valence-corrected chi connectivity index (χ3v) is 3.97. The van der Waals surface area contributed by atoms with E-state index in [1.807, 2.05) is 44.2 Å². The minimum atomic E-state index is -0.727. The zero-order valence-electron chi connectivity index (χ0n) is 14.1. The maximum Gasteiger partial charge on any atom is 0.247 e. The molecule has 2 N–H and O–H groups in total. The summed E-state index contributed by atoms with van der Waals surface area (Å²) in [7, 11) is 0. The van der Waals surface area contributed by atoms with Gasteiger partial charge in [0.2, 0.25) is 11.8 Å². The molecule has 0 saturated heterocycles. The Labute approximate surface area is 151 Å². The van der Waals surface area contributed by atoms with Crippen molar-refractivity contribution in [1.82, 2.24) is 5.32 Å². The van der Waals surface area contributed by atoms with E-state index in [2.05, 4.69) is 10.6 Å². The molecular weight excluding hydrogens is 343 g/mol. The number of carbonyl (C=O) groups excluding carboxylic acids is 2. The van der Waals surface area contributed by atoms with Crippen molar-refractivity contribution in [1.29, 1.82) is 0 Å². The van der Waals surface area contributed by atoms with Crippen LogP contribution in [0.2, 0.25) is 5.02 Å². The lowest BCUT2D eigenvalue weighted by atomic mass is 10.0. The third kappa shape index (κ3) is 5.57. The highest BCUT2D eigenvalue weighted by Crippen LogP contribution is 2.19. The van der Waals surface area contributed by atoms with E-state index in [1.54, 1.807) is 0 Å². The molecule has 2 aromatic rings. The van der Waals surface area contributed by atoms with Crippen LogP contribution in [-0.2, 0) is 16.0 Å². The number of halogens is 2. The van der Waals surface area contributed by atoms with Gasteiger partial charge in [0.1, 0.15) is 11.9 Å². The van der Waals surface area contributed by atoms with Crippen molar-refractivity contribution in [3.05, 3.63) is 64.9 Å². The molecule has 0 aliphatic heterocycles. The van der Waals surface area contributed by atoms with Crippen LogP contribution in [0.4, 0.5) is 10.1 Å². The monoisotopic (exact) mass is 362 g/mol. The zero-order valence-corrected chi connectivity index (χ0v) is 14.8. The first-order valence-electron chi connectivity index (χ1n) is 7.96. The molecule has 4 nitrogen and oxygen atoms in total. The van der Waals surface area contributed by atoms with Crippen molar-refractivity contribution in [2.75, 3.05) is 5.32 Å². The van der Waals surface area contributed by atoms with E-state index in [-0.39, 0.29) is 29.0 Å². The molecule has 0 fully saturated rings. The lowest BCUT2D eigenvalue weighted by Gasteiger charge is -2.22. The van der Waals surface area contributed by atoms with Crippen LogP contribution in [0, 0.1) is 11.7 Å². The highest BCUT2D eigenvalue weighted by Gasteiger charge is 2.24. The van der Waals surface area contributed by atoms with Gasteiger partial charge in [-0.05, 0) is 29.7 Å². The summed E-state index contributed by atoms with van der Waals surface area (Å²) in [4.78, 5) is 24.7. The minimum absolute atomic E-state index is 0.0189. The molecule has 0 bridgehead atoms. The molecule has 0 radical (unpaired) electrons. The molecule has 25 heavy (non-hydrogen) atoms. The second kappa shape index (κ2) is 8.62. The van der Waals surface area contributed by atoms with Gasteiger partial charge in [-0.25, -0.2) is 4.39 Å². The number of benzene rings is 2. The second-order valence-electron chi connectivity index (χ2n) is 6.07. The first-order valence-corrected chi connectivity index (χ1v) is 8.34. The fourth-order valence-electron chi connectivity index (χ4n) is 2.33. The highest BCUT2D eigenvalue weighted by atomic mass is 35.5. The number of hydrogen-bond donors (Lipinski definition) is 2. The fourth-order valence-corrected chi connectivity index (χ4v) is 2.45. The highest BCUT2D eigenvalue weighted by molar-refractivity contribution is 6.30. The van der Waals surface area contributed by atoms with Gasteiger partial charge >= 0.3 is 0 Å². The first-order chi connectivity index (χ1) is 11.9. The molecule has 132 valence electrons. The molecule has 6 heteroatoms. The van der Waals surface area contributed by atoms with Crippen molar-refractivity contribution < 1.29 is 14.0 Å². The van der Waals surface area contributed by atoms with Gasteiger partial charge in [-0.2, -0.15) is 0 Å². The Morgan fingerprint density at radius 1 is 1.12 bits per heavy atom. The Kier molecular flexibility index (Phi) is 6.53. The Morgan fingerprint density at radius 2 is 1.80 bits per heavy atom. The average molecular weight is 363 g/mol. The predicted octanol–water partition coefficient (Wildman–Crippen LogP) is 3.80. The number of hydrogen-bond acceptors (Lipinski definition) is 2. The quantitative estimate of drug-likeness (QED) is 0.821. The summed E-state index contributed by atoms with van der Waals surface area (Å²) in [6.45, 7) is 3.66. The molecule has 2 aromatic carbocycles. The molecule has 0 aromatic heterocycles. The van der Waals surface area contributed by atoms with E-state index in [0.29, 0.717) is 0 Å². The Morgan fingerprint density at radius 3 is 2.40 bits per heavy atom. The van der Waals surface area contributed by atoms with Gasteiger partial charge < -0.3 is 10.6 Å². The normalized spacial score (nSPS) is 11.9. The Bertz CT molecular complexity index is 750. The van der Waals surface area contributed by atoms with Crippen LogP contribution >= 0.6 is 11.6 Å². The van der Waals surface area contributed by atoms with Gasteiger partial charge in [0.05, 0.1) is 11.4 Å². The predicted molar refractivity (Wildman–Crippen MR) is 97.0 cm³/mol. The molecule has 0 spiro atoms. The van der Waals surface area contributed by atoms with Crippen LogP contribution in [0.3, 0.4) is 0 Å². The molecule has 1 unspecified atom stereocenters. The molecule has 0 aliphatic carbocycles. The van der Waals surface area contributed by atoms with Crippen molar-refractivity contribution in [2.45, 2.75) is 26.3 Å².